The Labute approximate surface area is 182 Å². The van der Waals surface area contributed by atoms with E-state index in [2.05, 4.69) is 44.9 Å². The molecule has 1 saturated heterocycles. The smallest absolute Gasteiger partial charge is 0.293 e. The van der Waals surface area contributed by atoms with E-state index in [1.807, 2.05) is 43.3 Å². The van der Waals surface area contributed by atoms with E-state index in [1.165, 1.54) is 16.2 Å². The average molecular weight is 421 g/mol. The highest BCUT2D eigenvalue weighted by molar-refractivity contribution is 8.18. The Kier molecular flexibility index (Phi) is 5.27. The highest BCUT2D eigenvalue weighted by Crippen LogP contribution is 2.43. The molecular weight excluding hydrogens is 392 g/mol. The Balaban J connectivity index is 1.58. The van der Waals surface area contributed by atoms with E-state index in [9.17, 15) is 9.59 Å². The highest BCUT2D eigenvalue weighted by Gasteiger charge is 2.36. The van der Waals surface area contributed by atoms with Crippen LogP contribution < -0.4 is 4.90 Å². The average Bonchev–Trinajstić information content (AvgIpc) is 2.95. The number of fused-ring (bicyclic) bond motifs is 1. The molecule has 0 unspecified atom stereocenters. The quantitative estimate of drug-likeness (QED) is 0.575. The van der Waals surface area contributed by atoms with Gasteiger partial charge in [-0.05, 0) is 79.8 Å². The van der Waals surface area contributed by atoms with Crippen LogP contribution in [0.1, 0.15) is 55.4 Å². The molecule has 4 nitrogen and oxygen atoms in total. The first kappa shape index (κ1) is 20.7. The van der Waals surface area contributed by atoms with Gasteiger partial charge in [-0.3, -0.25) is 14.5 Å². The minimum absolute atomic E-state index is 0.118. The molecule has 0 bridgehead atoms. The van der Waals surface area contributed by atoms with Crippen molar-refractivity contribution in [2.24, 2.45) is 0 Å². The fourth-order valence-corrected chi connectivity index (χ4v) is 5.19. The van der Waals surface area contributed by atoms with Gasteiger partial charge in [-0.25, -0.2) is 0 Å². The number of aryl methyl sites for hydroxylation is 1. The molecule has 30 heavy (non-hydrogen) atoms. The summed E-state index contributed by atoms with van der Waals surface area (Å²) in [7, 11) is 2.14. The molecule has 1 fully saturated rings. The Morgan fingerprint density at radius 3 is 2.53 bits per heavy atom. The van der Waals surface area contributed by atoms with Crippen LogP contribution in [0.3, 0.4) is 0 Å². The number of carbonyl (C=O) groups excluding carboxylic acids is 2. The van der Waals surface area contributed by atoms with E-state index in [-0.39, 0.29) is 16.7 Å². The zero-order valence-corrected chi connectivity index (χ0v) is 19.0. The van der Waals surface area contributed by atoms with Crippen molar-refractivity contribution >= 4 is 34.7 Å². The first-order valence-corrected chi connectivity index (χ1v) is 11.2. The number of nitrogens with zero attached hydrogens (tertiary/aromatic N) is 2. The van der Waals surface area contributed by atoms with Crippen molar-refractivity contribution in [3.05, 3.63) is 69.6 Å². The second-order valence-corrected chi connectivity index (χ2v) is 10.0. The molecule has 0 aliphatic carbocycles. The van der Waals surface area contributed by atoms with Crippen LogP contribution in [0, 0.1) is 6.92 Å². The maximum atomic E-state index is 12.9. The zero-order valence-electron chi connectivity index (χ0n) is 18.2. The molecule has 0 aromatic heterocycles. The number of anilines is 1. The molecule has 4 rings (SSSR count). The number of carbonyl (C=O) groups is 2. The van der Waals surface area contributed by atoms with Crippen LogP contribution in [0.5, 0.6) is 0 Å². The SMILES string of the molecule is Cc1ccc(CN2C(=O)S/C(=C\c3ccc4c(c3)[C@@H](C)CC(C)(C)N4C)C2=O)cc1. The molecule has 2 aromatic rings. The van der Waals surface area contributed by atoms with Crippen molar-refractivity contribution in [2.75, 3.05) is 11.9 Å². The maximum Gasteiger partial charge on any atom is 0.293 e. The number of hydrogen-bond acceptors (Lipinski definition) is 4. The minimum atomic E-state index is -0.213. The molecule has 0 N–H and O–H groups in total. The summed E-state index contributed by atoms with van der Waals surface area (Å²) in [6.45, 7) is 9.12. The molecule has 0 radical (unpaired) electrons. The number of rotatable bonds is 3. The number of imide groups is 1. The van der Waals surface area contributed by atoms with Crippen molar-refractivity contribution in [1.82, 2.24) is 4.90 Å². The number of thioether (sulfide) groups is 1. The lowest BCUT2D eigenvalue weighted by molar-refractivity contribution is -0.123. The first-order valence-electron chi connectivity index (χ1n) is 10.3. The minimum Gasteiger partial charge on any atom is -0.369 e. The molecular formula is C25H28N2O2S. The maximum absolute atomic E-state index is 12.9. The van der Waals surface area contributed by atoms with Gasteiger partial charge in [-0.15, -0.1) is 0 Å². The van der Waals surface area contributed by atoms with Crippen molar-refractivity contribution in [3.63, 3.8) is 0 Å². The van der Waals surface area contributed by atoms with Gasteiger partial charge in [-0.1, -0.05) is 42.8 Å². The summed E-state index contributed by atoms with van der Waals surface area (Å²) in [6, 6.07) is 14.3. The lowest BCUT2D eigenvalue weighted by atomic mass is 9.80. The second-order valence-electron chi connectivity index (χ2n) is 9.05. The van der Waals surface area contributed by atoms with Crippen LogP contribution in [0.4, 0.5) is 10.5 Å². The second kappa shape index (κ2) is 7.62. The predicted molar refractivity (Wildman–Crippen MR) is 125 cm³/mol. The summed E-state index contributed by atoms with van der Waals surface area (Å²) in [6.07, 6.45) is 2.93. The van der Waals surface area contributed by atoms with Crippen LogP contribution >= 0.6 is 11.8 Å². The van der Waals surface area contributed by atoms with Gasteiger partial charge >= 0.3 is 0 Å². The van der Waals surface area contributed by atoms with E-state index in [4.69, 9.17) is 0 Å². The first-order chi connectivity index (χ1) is 14.2. The fraction of sp³-hybridized carbons (Fsp3) is 0.360. The van der Waals surface area contributed by atoms with Gasteiger partial charge in [0.15, 0.2) is 0 Å². The normalized spacial score (nSPS) is 22.0. The van der Waals surface area contributed by atoms with Gasteiger partial charge in [0, 0.05) is 18.3 Å². The number of benzene rings is 2. The van der Waals surface area contributed by atoms with E-state index in [1.54, 1.807) is 0 Å². The molecule has 2 aliphatic heterocycles. The molecule has 2 aliphatic rings. The van der Waals surface area contributed by atoms with Gasteiger partial charge in [0.2, 0.25) is 0 Å². The third-order valence-corrected chi connectivity index (χ3v) is 7.20. The van der Waals surface area contributed by atoms with E-state index in [0.717, 1.165) is 34.9 Å². The molecule has 0 saturated carbocycles. The third kappa shape index (κ3) is 3.79. The summed E-state index contributed by atoms with van der Waals surface area (Å²) < 4.78 is 0. The molecule has 2 amide bonds. The molecule has 156 valence electrons. The Hall–Kier alpha value is -2.53. The van der Waals surface area contributed by atoms with Crippen molar-refractivity contribution < 1.29 is 9.59 Å². The summed E-state index contributed by atoms with van der Waals surface area (Å²) in [5.41, 5.74) is 5.73. The lowest BCUT2D eigenvalue weighted by Crippen LogP contribution is -2.45. The molecule has 2 heterocycles. The zero-order chi connectivity index (χ0) is 21.6. The van der Waals surface area contributed by atoms with Crippen LogP contribution in [-0.4, -0.2) is 28.6 Å². The lowest BCUT2D eigenvalue weighted by Gasteiger charge is -2.45. The molecule has 1 atom stereocenters. The van der Waals surface area contributed by atoms with Gasteiger partial charge in [-0.2, -0.15) is 0 Å². The van der Waals surface area contributed by atoms with Gasteiger partial charge in [0.25, 0.3) is 11.1 Å². The van der Waals surface area contributed by atoms with Crippen LogP contribution in [0.15, 0.2) is 47.4 Å². The molecule has 5 heteroatoms. The molecule has 2 aromatic carbocycles. The highest BCUT2D eigenvalue weighted by atomic mass is 32.2. The van der Waals surface area contributed by atoms with Gasteiger partial charge in [0.05, 0.1) is 11.4 Å². The van der Waals surface area contributed by atoms with Gasteiger partial charge in [0.1, 0.15) is 0 Å². The summed E-state index contributed by atoms with van der Waals surface area (Å²) in [4.78, 5) is 29.5. The Morgan fingerprint density at radius 2 is 1.83 bits per heavy atom. The number of hydrogen-bond donors (Lipinski definition) is 0. The fourth-order valence-electron chi connectivity index (χ4n) is 4.35. The monoisotopic (exact) mass is 420 g/mol. The van der Waals surface area contributed by atoms with Crippen molar-refractivity contribution in [2.45, 2.75) is 52.1 Å². The standard InChI is InChI=1S/C25H28N2O2S/c1-16-6-8-18(9-7-16)15-27-23(28)22(30-24(27)29)13-19-10-11-21-20(12-19)17(2)14-25(3,4)26(21)5/h6-13,17H,14-15H2,1-5H3/b22-13-/t17-/m0/s1. The van der Waals surface area contributed by atoms with Crippen LogP contribution in [0.2, 0.25) is 0 Å². The van der Waals surface area contributed by atoms with Crippen LogP contribution in [-0.2, 0) is 11.3 Å². The topological polar surface area (TPSA) is 40.6 Å². The summed E-state index contributed by atoms with van der Waals surface area (Å²) in [5.74, 6) is 0.228. The largest absolute Gasteiger partial charge is 0.369 e. The predicted octanol–water partition coefficient (Wildman–Crippen LogP) is 5.95. The van der Waals surface area contributed by atoms with Crippen LogP contribution in [0.25, 0.3) is 6.08 Å². The Morgan fingerprint density at radius 1 is 1.13 bits per heavy atom. The van der Waals surface area contributed by atoms with Crippen molar-refractivity contribution in [3.8, 4) is 0 Å². The summed E-state index contributed by atoms with van der Waals surface area (Å²) >= 11 is 1.03. The Bertz CT molecular complexity index is 1040. The van der Waals surface area contributed by atoms with E-state index >= 15 is 0 Å². The molecule has 0 spiro atoms. The van der Waals surface area contributed by atoms with E-state index < -0.39 is 0 Å². The number of amides is 2. The third-order valence-electron chi connectivity index (χ3n) is 6.29. The van der Waals surface area contributed by atoms with Gasteiger partial charge < -0.3 is 4.90 Å². The van der Waals surface area contributed by atoms with Crippen molar-refractivity contribution in [1.29, 1.82) is 0 Å². The van der Waals surface area contributed by atoms with E-state index in [0.29, 0.717) is 17.4 Å². The summed E-state index contributed by atoms with van der Waals surface area (Å²) in [5, 5.41) is -0.209.